The van der Waals surface area contributed by atoms with Crippen LogP contribution in [0.1, 0.15) is 29.5 Å². The van der Waals surface area contributed by atoms with Crippen molar-refractivity contribution in [1.29, 1.82) is 0 Å². The van der Waals surface area contributed by atoms with Crippen molar-refractivity contribution in [2.45, 2.75) is 26.3 Å². The summed E-state index contributed by atoms with van der Waals surface area (Å²) < 4.78 is 10.7. The monoisotopic (exact) mass is 406 g/mol. The number of imide groups is 1. The minimum atomic E-state index is -0.250. The number of amides is 2. The number of hydrogen-bond donors (Lipinski definition) is 0. The first-order valence-corrected chi connectivity index (χ1v) is 10.2. The third-order valence-corrected chi connectivity index (χ3v) is 5.69. The van der Waals surface area contributed by atoms with Gasteiger partial charge < -0.3 is 14.4 Å². The summed E-state index contributed by atoms with van der Waals surface area (Å²) in [4.78, 5) is 30.2. The molecule has 0 bridgehead atoms. The maximum Gasteiger partial charge on any atom is 0.278 e. The number of hydrogen-bond acceptors (Lipinski definition) is 5. The van der Waals surface area contributed by atoms with Crippen LogP contribution in [-0.4, -0.2) is 48.9 Å². The predicted octanol–water partition coefficient (Wildman–Crippen LogP) is 3.39. The Morgan fingerprint density at radius 2 is 1.53 bits per heavy atom. The van der Waals surface area contributed by atoms with Gasteiger partial charge in [-0.05, 0) is 43.0 Å². The highest BCUT2D eigenvalue weighted by atomic mass is 16.5. The number of carbonyl (C=O) groups is 2. The summed E-state index contributed by atoms with van der Waals surface area (Å²) in [6.07, 6.45) is 2.06. The lowest BCUT2D eigenvalue weighted by Crippen LogP contribution is -2.34. The molecule has 2 aromatic carbocycles. The molecule has 6 nitrogen and oxygen atoms in total. The largest absolute Gasteiger partial charge is 0.493 e. The highest BCUT2D eigenvalue weighted by Crippen LogP contribution is 2.35. The molecule has 0 aliphatic carbocycles. The average molecular weight is 406 g/mol. The van der Waals surface area contributed by atoms with Crippen LogP contribution in [0.2, 0.25) is 0 Å². The predicted molar refractivity (Wildman–Crippen MR) is 114 cm³/mol. The van der Waals surface area contributed by atoms with E-state index in [4.69, 9.17) is 9.47 Å². The lowest BCUT2D eigenvalue weighted by molar-refractivity contribution is -0.138. The Morgan fingerprint density at radius 3 is 2.17 bits per heavy atom. The van der Waals surface area contributed by atoms with Gasteiger partial charge in [0.15, 0.2) is 11.5 Å². The van der Waals surface area contributed by atoms with E-state index in [0.717, 1.165) is 42.6 Å². The Balaban J connectivity index is 1.69. The number of nitrogens with zero attached hydrogens (tertiary/aromatic N) is 2. The molecule has 1 saturated heterocycles. The van der Waals surface area contributed by atoms with Crippen LogP contribution < -0.4 is 9.47 Å². The fourth-order valence-electron chi connectivity index (χ4n) is 4.08. The second-order valence-corrected chi connectivity index (χ2v) is 7.67. The summed E-state index contributed by atoms with van der Waals surface area (Å²) in [5.41, 5.74) is 3.74. The zero-order chi connectivity index (χ0) is 21.3. The number of aryl methyl sites for hydroxylation is 1. The van der Waals surface area contributed by atoms with Gasteiger partial charge in [-0.3, -0.25) is 14.5 Å². The van der Waals surface area contributed by atoms with Gasteiger partial charge in [-0.25, -0.2) is 0 Å². The van der Waals surface area contributed by atoms with E-state index in [1.165, 1.54) is 4.90 Å². The van der Waals surface area contributed by atoms with Crippen molar-refractivity contribution in [3.63, 3.8) is 0 Å². The van der Waals surface area contributed by atoms with Gasteiger partial charge in [-0.15, -0.1) is 0 Å². The van der Waals surface area contributed by atoms with E-state index in [-0.39, 0.29) is 18.4 Å². The number of likely N-dealkylation sites (tertiary alicyclic amines) is 1. The molecule has 0 unspecified atom stereocenters. The topological polar surface area (TPSA) is 59.1 Å². The number of methoxy groups -OCH3 is 2. The van der Waals surface area contributed by atoms with Gasteiger partial charge in [0.05, 0.1) is 26.3 Å². The SMILES string of the molecule is COc1ccc(CN2C(=O)C(c3ccc(C)cc3)=C(N3CCCC3)C2=O)cc1OC. The Bertz CT molecular complexity index is 1000. The lowest BCUT2D eigenvalue weighted by atomic mass is 10.0. The van der Waals surface area contributed by atoms with Crippen LogP contribution in [0.3, 0.4) is 0 Å². The smallest absolute Gasteiger partial charge is 0.278 e. The average Bonchev–Trinajstić information content (AvgIpc) is 3.37. The molecular formula is C24H26N2O4. The van der Waals surface area contributed by atoms with Crippen LogP contribution in [0.25, 0.3) is 5.57 Å². The van der Waals surface area contributed by atoms with Crippen molar-refractivity contribution in [2.75, 3.05) is 27.3 Å². The minimum Gasteiger partial charge on any atom is -0.493 e. The summed E-state index contributed by atoms with van der Waals surface area (Å²) in [5, 5.41) is 0. The summed E-state index contributed by atoms with van der Waals surface area (Å²) >= 11 is 0. The minimum absolute atomic E-state index is 0.185. The quantitative estimate of drug-likeness (QED) is 0.689. The van der Waals surface area contributed by atoms with E-state index in [9.17, 15) is 9.59 Å². The van der Waals surface area contributed by atoms with E-state index in [1.807, 2.05) is 37.3 Å². The molecule has 0 saturated carbocycles. The standard InChI is InChI=1S/C24H26N2O4/c1-16-6-9-18(10-7-16)21-22(25-12-4-5-13-25)24(28)26(23(21)27)15-17-8-11-19(29-2)20(14-17)30-3/h6-11,14H,4-5,12-13,15H2,1-3H3. The molecule has 0 N–H and O–H groups in total. The van der Waals surface area contributed by atoms with Crippen molar-refractivity contribution in [1.82, 2.24) is 9.80 Å². The molecule has 0 radical (unpaired) electrons. The lowest BCUT2D eigenvalue weighted by Gasteiger charge is -2.20. The van der Waals surface area contributed by atoms with Gasteiger partial charge in [0.1, 0.15) is 5.70 Å². The van der Waals surface area contributed by atoms with Crippen molar-refractivity contribution in [3.8, 4) is 11.5 Å². The van der Waals surface area contributed by atoms with Gasteiger partial charge in [-0.1, -0.05) is 35.9 Å². The molecule has 4 rings (SSSR count). The van der Waals surface area contributed by atoms with Crippen molar-refractivity contribution in [3.05, 3.63) is 64.9 Å². The third-order valence-electron chi connectivity index (χ3n) is 5.69. The van der Waals surface area contributed by atoms with Crippen LogP contribution >= 0.6 is 0 Å². The number of carbonyl (C=O) groups excluding carboxylic acids is 2. The second-order valence-electron chi connectivity index (χ2n) is 7.67. The highest BCUT2D eigenvalue weighted by Gasteiger charge is 2.42. The normalized spacial score (nSPS) is 16.6. The molecule has 1 fully saturated rings. The molecule has 156 valence electrons. The zero-order valence-electron chi connectivity index (χ0n) is 17.6. The Labute approximate surface area is 176 Å². The number of benzene rings is 2. The summed E-state index contributed by atoms with van der Waals surface area (Å²) in [7, 11) is 3.14. The van der Waals surface area contributed by atoms with E-state index in [0.29, 0.717) is 22.8 Å². The summed E-state index contributed by atoms with van der Waals surface area (Å²) in [5.74, 6) is 0.699. The number of rotatable bonds is 6. The van der Waals surface area contributed by atoms with Gasteiger partial charge in [0.2, 0.25) is 0 Å². The van der Waals surface area contributed by atoms with Gasteiger partial charge in [-0.2, -0.15) is 0 Å². The molecule has 0 spiro atoms. The molecule has 2 amide bonds. The first kappa shape index (κ1) is 20.0. The van der Waals surface area contributed by atoms with Crippen molar-refractivity contribution in [2.24, 2.45) is 0 Å². The Morgan fingerprint density at radius 1 is 0.867 bits per heavy atom. The van der Waals surface area contributed by atoms with Crippen molar-refractivity contribution >= 4 is 17.4 Å². The Kier molecular flexibility index (Phi) is 5.48. The van der Waals surface area contributed by atoms with Crippen LogP contribution in [-0.2, 0) is 16.1 Å². The molecule has 0 atom stereocenters. The van der Waals surface area contributed by atoms with Crippen molar-refractivity contribution < 1.29 is 19.1 Å². The van der Waals surface area contributed by atoms with Crippen LogP contribution in [0.5, 0.6) is 11.5 Å². The van der Waals surface area contributed by atoms with Crippen LogP contribution in [0.15, 0.2) is 48.2 Å². The fourth-order valence-corrected chi connectivity index (χ4v) is 4.08. The maximum absolute atomic E-state index is 13.4. The summed E-state index contributed by atoms with van der Waals surface area (Å²) in [6.45, 7) is 3.79. The molecule has 2 aliphatic heterocycles. The third kappa shape index (κ3) is 3.54. The van der Waals surface area contributed by atoms with E-state index in [1.54, 1.807) is 26.4 Å². The molecule has 2 aromatic rings. The maximum atomic E-state index is 13.4. The first-order chi connectivity index (χ1) is 14.5. The molecule has 2 aliphatic rings. The van der Waals surface area contributed by atoms with Gasteiger partial charge in [0.25, 0.3) is 11.8 Å². The van der Waals surface area contributed by atoms with Crippen LogP contribution in [0.4, 0.5) is 0 Å². The first-order valence-electron chi connectivity index (χ1n) is 10.2. The van der Waals surface area contributed by atoms with E-state index in [2.05, 4.69) is 4.90 Å². The zero-order valence-corrected chi connectivity index (χ0v) is 17.6. The van der Waals surface area contributed by atoms with E-state index >= 15 is 0 Å². The molecular weight excluding hydrogens is 380 g/mol. The number of ether oxygens (including phenoxy) is 2. The Hall–Kier alpha value is -3.28. The summed E-state index contributed by atoms with van der Waals surface area (Å²) in [6, 6.07) is 13.2. The molecule has 30 heavy (non-hydrogen) atoms. The molecule has 6 heteroatoms. The van der Waals surface area contributed by atoms with E-state index < -0.39 is 0 Å². The fraction of sp³-hybridized carbons (Fsp3) is 0.333. The molecule has 0 aromatic heterocycles. The van der Waals surface area contributed by atoms with Gasteiger partial charge in [0, 0.05) is 13.1 Å². The highest BCUT2D eigenvalue weighted by molar-refractivity contribution is 6.35. The van der Waals surface area contributed by atoms with Gasteiger partial charge >= 0.3 is 0 Å². The second kappa shape index (κ2) is 8.22. The molecule has 2 heterocycles. The van der Waals surface area contributed by atoms with Crippen LogP contribution in [0, 0.1) is 6.92 Å².